The van der Waals surface area contributed by atoms with Gasteiger partial charge >= 0.3 is 5.97 Å². The molecule has 0 bridgehead atoms. The third kappa shape index (κ3) is 4.33. The lowest BCUT2D eigenvalue weighted by molar-refractivity contribution is -0.131. The van der Waals surface area contributed by atoms with Crippen molar-refractivity contribution in [1.29, 1.82) is 0 Å². The molecule has 18 heavy (non-hydrogen) atoms. The fourth-order valence-corrected chi connectivity index (χ4v) is 1.63. The molecule has 0 saturated carbocycles. The van der Waals surface area contributed by atoms with Crippen LogP contribution in [-0.4, -0.2) is 23.5 Å². The molecule has 0 saturated heterocycles. The predicted octanol–water partition coefficient (Wildman–Crippen LogP) is 3.06. The van der Waals surface area contributed by atoms with E-state index in [1.54, 1.807) is 18.2 Å². The molecule has 0 radical (unpaired) electrons. The maximum atomic E-state index is 11.8. The summed E-state index contributed by atoms with van der Waals surface area (Å²) in [4.78, 5) is 22.2. The van der Waals surface area contributed by atoms with E-state index >= 15 is 0 Å². The highest BCUT2D eigenvalue weighted by Crippen LogP contribution is 2.24. The minimum absolute atomic E-state index is 0.343. The molecule has 0 atom stereocenters. The molecular weight excluding hydrogens is 300 g/mol. The van der Waals surface area contributed by atoms with Crippen molar-refractivity contribution < 1.29 is 19.4 Å². The Morgan fingerprint density at radius 3 is 2.72 bits per heavy atom. The van der Waals surface area contributed by atoms with E-state index in [1.165, 1.54) is 0 Å². The Hall–Kier alpha value is -1.62. The highest BCUT2D eigenvalue weighted by atomic mass is 79.9. The van der Waals surface area contributed by atoms with Gasteiger partial charge in [0.05, 0.1) is 12.2 Å². The van der Waals surface area contributed by atoms with Crippen molar-refractivity contribution in [1.82, 2.24) is 0 Å². The van der Waals surface area contributed by atoms with Crippen LogP contribution in [0.15, 0.2) is 34.8 Å². The van der Waals surface area contributed by atoms with E-state index in [2.05, 4.69) is 15.9 Å². The van der Waals surface area contributed by atoms with Gasteiger partial charge in [-0.2, -0.15) is 0 Å². The van der Waals surface area contributed by atoms with Crippen molar-refractivity contribution in [3.63, 3.8) is 0 Å². The first-order chi connectivity index (χ1) is 8.54. The van der Waals surface area contributed by atoms with E-state index < -0.39 is 11.8 Å². The zero-order chi connectivity index (χ0) is 13.5. The molecule has 1 rings (SSSR count). The molecule has 0 amide bonds. The van der Waals surface area contributed by atoms with Crippen molar-refractivity contribution in [2.75, 3.05) is 6.61 Å². The average molecular weight is 313 g/mol. The Morgan fingerprint density at radius 2 is 2.11 bits per heavy atom. The third-order valence-corrected chi connectivity index (χ3v) is 2.54. The number of allylic oxidation sites excluding steroid dienone is 1. The van der Waals surface area contributed by atoms with E-state index in [1.807, 2.05) is 6.92 Å². The number of rotatable bonds is 6. The van der Waals surface area contributed by atoms with Gasteiger partial charge in [-0.05, 0) is 30.7 Å². The van der Waals surface area contributed by atoms with Gasteiger partial charge in [0.2, 0.25) is 0 Å². The van der Waals surface area contributed by atoms with Crippen molar-refractivity contribution in [3.8, 4) is 5.75 Å². The number of halogens is 1. The highest BCUT2D eigenvalue weighted by molar-refractivity contribution is 9.10. The Balaban J connectivity index is 3.00. The Kier molecular flexibility index (Phi) is 5.58. The lowest BCUT2D eigenvalue weighted by atomic mass is 10.1. The summed E-state index contributed by atoms with van der Waals surface area (Å²) in [7, 11) is 0. The van der Waals surface area contributed by atoms with E-state index in [0.29, 0.717) is 17.9 Å². The van der Waals surface area contributed by atoms with E-state index in [9.17, 15) is 9.59 Å². The Morgan fingerprint density at radius 1 is 1.39 bits per heavy atom. The number of hydrogen-bond donors (Lipinski definition) is 1. The summed E-state index contributed by atoms with van der Waals surface area (Å²) >= 11 is 3.26. The van der Waals surface area contributed by atoms with Crippen LogP contribution < -0.4 is 4.74 Å². The van der Waals surface area contributed by atoms with Crippen molar-refractivity contribution in [3.05, 3.63) is 40.4 Å². The van der Waals surface area contributed by atoms with Gasteiger partial charge in [-0.25, -0.2) is 4.79 Å². The predicted molar refractivity (Wildman–Crippen MR) is 71.0 cm³/mol. The summed E-state index contributed by atoms with van der Waals surface area (Å²) < 4.78 is 6.18. The van der Waals surface area contributed by atoms with Crippen LogP contribution in [-0.2, 0) is 4.79 Å². The molecular formula is C13H13BrO4. The van der Waals surface area contributed by atoms with Gasteiger partial charge in [-0.3, -0.25) is 4.79 Å². The van der Waals surface area contributed by atoms with Gasteiger partial charge in [0.25, 0.3) is 0 Å². The quantitative estimate of drug-likeness (QED) is 0.647. The van der Waals surface area contributed by atoms with Crippen LogP contribution in [0.2, 0.25) is 0 Å². The monoisotopic (exact) mass is 312 g/mol. The molecule has 1 aromatic carbocycles. The molecule has 0 spiro atoms. The fraction of sp³-hybridized carbons (Fsp3) is 0.231. The maximum Gasteiger partial charge on any atom is 0.328 e. The molecule has 0 aliphatic rings. The second-order valence-electron chi connectivity index (χ2n) is 3.52. The largest absolute Gasteiger partial charge is 0.493 e. The Labute approximate surface area is 113 Å². The molecule has 0 aliphatic carbocycles. The van der Waals surface area contributed by atoms with Crippen molar-refractivity contribution in [2.45, 2.75) is 13.3 Å². The van der Waals surface area contributed by atoms with Crippen molar-refractivity contribution in [2.24, 2.45) is 0 Å². The summed E-state index contributed by atoms with van der Waals surface area (Å²) in [5.41, 5.74) is 0.343. The number of ketones is 1. The first kappa shape index (κ1) is 14.4. The highest BCUT2D eigenvalue weighted by Gasteiger charge is 2.11. The summed E-state index contributed by atoms with van der Waals surface area (Å²) in [6.45, 7) is 2.47. The molecule has 0 heterocycles. The molecule has 0 unspecified atom stereocenters. The van der Waals surface area contributed by atoms with Crippen molar-refractivity contribution >= 4 is 27.7 Å². The molecule has 0 aromatic heterocycles. The van der Waals surface area contributed by atoms with Gasteiger partial charge in [-0.15, -0.1) is 0 Å². The minimum atomic E-state index is -1.16. The summed E-state index contributed by atoms with van der Waals surface area (Å²) in [6.07, 6.45) is 2.66. The smallest absolute Gasteiger partial charge is 0.328 e. The molecule has 1 N–H and O–H groups in total. The molecule has 0 fully saturated rings. The minimum Gasteiger partial charge on any atom is -0.493 e. The number of hydrogen-bond acceptors (Lipinski definition) is 3. The lowest BCUT2D eigenvalue weighted by Crippen LogP contribution is -2.03. The van der Waals surface area contributed by atoms with Gasteiger partial charge in [0.15, 0.2) is 5.78 Å². The number of carboxylic acids is 1. The normalized spacial score (nSPS) is 10.6. The van der Waals surface area contributed by atoms with E-state index in [-0.39, 0.29) is 0 Å². The standard InChI is InChI=1S/C13H13BrO4/c1-2-7-18-12-5-3-9(14)8-10(12)11(15)4-6-13(16)17/h3-6,8H,2,7H2,1H3,(H,16,17)/b6-4+. The second-order valence-corrected chi connectivity index (χ2v) is 4.44. The van der Waals surface area contributed by atoms with Crippen LogP contribution in [0.4, 0.5) is 0 Å². The number of carboxylic acid groups (broad SMARTS) is 1. The average Bonchev–Trinajstić information content (AvgIpc) is 2.34. The molecule has 5 heteroatoms. The number of ether oxygens (including phenoxy) is 1. The molecule has 4 nitrogen and oxygen atoms in total. The number of benzene rings is 1. The zero-order valence-corrected chi connectivity index (χ0v) is 11.4. The molecule has 96 valence electrons. The first-order valence-corrected chi connectivity index (χ1v) is 6.21. The topological polar surface area (TPSA) is 63.6 Å². The number of carbonyl (C=O) groups excluding carboxylic acids is 1. The van der Waals surface area contributed by atoms with Crippen LogP contribution in [0.5, 0.6) is 5.75 Å². The van der Waals surface area contributed by atoms with Gasteiger partial charge in [0, 0.05) is 10.5 Å². The SMILES string of the molecule is CCCOc1ccc(Br)cc1C(=O)/C=C/C(=O)O. The van der Waals surface area contributed by atoms with Gasteiger partial charge in [0.1, 0.15) is 5.75 Å². The van der Waals surface area contributed by atoms with Crippen LogP contribution in [0.1, 0.15) is 23.7 Å². The van der Waals surface area contributed by atoms with Crippen LogP contribution in [0, 0.1) is 0 Å². The summed E-state index contributed by atoms with van der Waals surface area (Å²) in [5, 5.41) is 8.50. The number of carbonyl (C=O) groups is 2. The lowest BCUT2D eigenvalue weighted by Gasteiger charge is -2.09. The summed E-state index contributed by atoms with van der Waals surface area (Å²) in [6, 6.07) is 5.06. The first-order valence-electron chi connectivity index (χ1n) is 5.42. The van der Waals surface area contributed by atoms with Gasteiger partial charge in [-0.1, -0.05) is 22.9 Å². The molecule has 1 aromatic rings. The van der Waals surface area contributed by atoms with E-state index in [0.717, 1.165) is 23.0 Å². The Bertz CT molecular complexity index is 480. The zero-order valence-electron chi connectivity index (χ0n) is 9.85. The van der Waals surface area contributed by atoms with Gasteiger partial charge < -0.3 is 9.84 Å². The number of aliphatic carboxylic acids is 1. The third-order valence-electron chi connectivity index (χ3n) is 2.05. The van der Waals surface area contributed by atoms with Crippen LogP contribution in [0.25, 0.3) is 0 Å². The maximum absolute atomic E-state index is 11.8. The summed E-state index contributed by atoms with van der Waals surface area (Å²) in [5.74, 6) is -1.10. The molecule has 0 aliphatic heterocycles. The fourth-order valence-electron chi connectivity index (χ4n) is 1.27. The van der Waals surface area contributed by atoms with Crippen LogP contribution in [0.3, 0.4) is 0 Å². The van der Waals surface area contributed by atoms with Crippen LogP contribution >= 0.6 is 15.9 Å². The second kappa shape index (κ2) is 6.96. The van der Waals surface area contributed by atoms with E-state index in [4.69, 9.17) is 9.84 Å².